The summed E-state index contributed by atoms with van der Waals surface area (Å²) in [6.45, 7) is 2.29. The van der Waals surface area contributed by atoms with Gasteiger partial charge in [-0.05, 0) is 60.4 Å². The molecule has 3 aliphatic rings. The van der Waals surface area contributed by atoms with Gasteiger partial charge in [-0.25, -0.2) is 0 Å². The number of benzene rings is 2. The number of fused-ring (bicyclic) bond motifs is 3. The van der Waals surface area contributed by atoms with Crippen LogP contribution < -0.4 is 0 Å². The Hall–Kier alpha value is -2.19. The van der Waals surface area contributed by atoms with Crippen LogP contribution in [-0.2, 0) is 19.4 Å². The average molecular weight is 328 g/mol. The lowest BCUT2D eigenvalue weighted by molar-refractivity contribution is 0.0938. The number of hydrogen-bond donors (Lipinski definition) is 0. The maximum absolute atomic E-state index is 4.53. The number of piperidine rings is 1. The topological polar surface area (TPSA) is 16.1 Å². The highest BCUT2D eigenvalue weighted by molar-refractivity contribution is 5.78. The van der Waals surface area contributed by atoms with Crippen molar-refractivity contribution in [1.82, 2.24) is 9.88 Å². The molecule has 0 spiro atoms. The third-order valence-corrected chi connectivity index (χ3v) is 6.06. The number of rotatable bonds is 2. The molecule has 0 amide bonds. The third-order valence-electron chi connectivity index (χ3n) is 6.06. The van der Waals surface area contributed by atoms with Crippen LogP contribution in [0, 0.1) is 5.92 Å². The first kappa shape index (κ1) is 15.1. The van der Waals surface area contributed by atoms with Gasteiger partial charge in [-0.2, -0.15) is 0 Å². The smallest absolute Gasteiger partial charge is 0.0705 e. The number of hydrogen-bond acceptors (Lipinski definition) is 2. The minimum atomic E-state index is 0.678. The van der Waals surface area contributed by atoms with Crippen molar-refractivity contribution < 1.29 is 0 Å². The van der Waals surface area contributed by atoms with E-state index >= 15 is 0 Å². The molecular formula is C23H24N2. The fourth-order valence-corrected chi connectivity index (χ4v) is 4.74. The molecule has 2 aromatic carbocycles. The first-order valence-electron chi connectivity index (χ1n) is 9.50. The quantitative estimate of drug-likeness (QED) is 0.683. The van der Waals surface area contributed by atoms with Crippen LogP contribution in [0.5, 0.6) is 0 Å². The summed E-state index contributed by atoms with van der Waals surface area (Å²) in [7, 11) is 0. The lowest BCUT2D eigenvalue weighted by Gasteiger charge is -2.42. The normalized spacial score (nSPS) is 23.2. The summed E-state index contributed by atoms with van der Waals surface area (Å²) >= 11 is 0. The van der Waals surface area contributed by atoms with Gasteiger partial charge in [0.15, 0.2) is 0 Å². The Morgan fingerprint density at radius 1 is 0.920 bits per heavy atom. The average Bonchev–Trinajstić information content (AvgIpc) is 2.62. The Morgan fingerprint density at radius 2 is 1.80 bits per heavy atom. The summed E-state index contributed by atoms with van der Waals surface area (Å²) in [5, 5.41) is 1.23. The second kappa shape index (κ2) is 6.27. The van der Waals surface area contributed by atoms with Gasteiger partial charge in [-0.15, -0.1) is 0 Å². The summed E-state index contributed by atoms with van der Waals surface area (Å²) in [5.74, 6) is 0.802. The Labute approximate surface area is 149 Å². The minimum Gasteiger partial charge on any atom is -0.296 e. The van der Waals surface area contributed by atoms with E-state index in [2.05, 4.69) is 58.4 Å². The predicted octanol–water partition coefficient (Wildman–Crippen LogP) is 4.61. The van der Waals surface area contributed by atoms with E-state index in [0.29, 0.717) is 6.04 Å². The Bertz CT molecular complexity index is 901. The van der Waals surface area contributed by atoms with Gasteiger partial charge in [0.2, 0.25) is 0 Å². The molecule has 1 aromatic heterocycles. The maximum Gasteiger partial charge on any atom is 0.0705 e. The third kappa shape index (κ3) is 2.96. The molecule has 6 rings (SSSR count). The van der Waals surface area contributed by atoms with Crippen molar-refractivity contribution in [2.24, 2.45) is 5.92 Å². The number of aromatic nitrogens is 1. The largest absolute Gasteiger partial charge is 0.296 e. The van der Waals surface area contributed by atoms with Crippen LogP contribution in [0.15, 0.2) is 60.8 Å². The molecule has 1 fully saturated rings. The van der Waals surface area contributed by atoms with E-state index in [1.165, 1.54) is 43.2 Å². The van der Waals surface area contributed by atoms with E-state index in [4.69, 9.17) is 0 Å². The molecule has 126 valence electrons. The summed E-state index contributed by atoms with van der Waals surface area (Å²) in [4.78, 5) is 7.26. The number of pyridine rings is 1. The van der Waals surface area contributed by atoms with E-state index in [1.54, 1.807) is 11.1 Å². The molecule has 0 unspecified atom stereocenters. The Morgan fingerprint density at radius 3 is 2.72 bits per heavy atom. The number of nitrogens with zero attached hydrogens (tertiary/aromatic N) is 2. The van der Waals surface area contributed by atoms with Gasteiger partial charge < -0.3 is 0 Å². The molecular weight excluding hydrogens is 304 g/mol. The SMILES string of the molecule is c1ccc2c(c1)C[C@@H]1CC[C@H](C2)N(Cc2ccc3cccnc3c2)C1. The van der Waals surface area contributed by atoms with Crippen molar-refractivity contribution in [3.8, 4) is 0 Å². The van der Waals surface area contributed by atoms with Gasteiger partial charge in [0.05, 0.1) is 5.52 Å². The molecule has 25 heavy (non-hydrogen) atoms. The molecule has 2 bridgehead atoms. The molecule has 3 heterocycles. The fraction of sp³-hybridized carbons (Fsp3) is 0.348. The molecule has 2 heteroatoms. The van der Waals surface area contributed by atoms with E-state index in [9.17, 15) is 0 Å². The predicted molar refractivity (Wildman–Crippen MR) is 103 cm³/mol. The fourth-order valence-electron chi connectivity index (χ4n) is 4.74. The van der Waals surface area contributed by atoms with Crippen molar-refractivity contribution in [3.63, 3.8) is 0 Å². The van der Waals surface area contributed by atoms with Crippen molar-refractivity contribution in [1.29, 1.82) is 0 Å². The minimum absolute atomic E-state index is 0.678. The van der Waals surface area contributed by atoms with Gasteiger partial charge in [0.1, 0.15) is 0 Å². The Kier molecular flexibility index (Phi) is 3.79. The molecule has 1 aliphatic carbocycles. The van der Waals surface area contributed by atoms with Crippen molar-refractivity contribution >= 4 is 10.9 Å². The van der Waals surface area contributed by atoms with Crippen LogP contribution in [0.4, 0.5) is 0 Å². The van der Waals surface area contributed by atoms with Gasteiger partial charge in [0, 0.05) is 30.7 Å². The van der Waals surface area contributed by atoms with Crippen molar-refractivity contribution in [2.45, 2.75) is 38.3 Å². The summed E-state index contributed by atoms with van der Waals surface area (Å²) in [6, 6.07) is 20.7. The molecule has 1 saturated heterocycles. The second-order valence-corrected chi connectivity index (χ2v) is 7.73. The van der Waals surface area contributed by atoms with Crippen LogP contribution in [0.2, 0.25) is 0 Å². The summed E-state index contributed by atoms with van der Waals surface area (Å²) < 4.78 is 0. The summed E-state index contributed by atoms with van der Waals surface area (Å²) in [6.07, 6.45) is 7.06. The zero-order valence-electron chi connectivity index (χ0n) is 14.6. The highest BCUT2D eigenvalue weighted by Crippen LogP contribution is 2.33. The maximum atomic E-state index is 4.53. The highest BCUT2D eigenvalue weighted by Gasteiger charge is 2.31. The first-order chi connectivity index (χ1) is 12.3. The first-order valence-corrected chi connectivity index (χ1v) is 9.50. The van der Waals surface area contributed by atoms with Gasteiger partial charge in [0.25, 0.3) is 0 Å². The van der Waals surface area contributed by atoms with E-state index in [1.807, 2.05) is 12.3 Å². The summed E-state index contributed by atoms with van der Waals surface area (Å²) in [5.41, 5.74) is 5.67. The monoisotopic (exact) mass is 328 g/mol. The highest BCUT2D eigenvalue weighted by atomic mass is 15.2. The van der Waals surface area contributed by atoms with Gasteiger partial charge in [-0.1, -0.05) is 42.5 Å². The molecule has 2 atom stereocenters. The van der Waals surface area contributed by atoms with Crippen LogP contribution >= 0.6 is 0 Å². The van der Waals surface area contributed by atoms with Crippen LogP contribution in [0.1, 0.15) is 29.5 Å². The van der Waals surface area contributed by atoms with Crippen molar-refractivity contribution in [2.75, 3.05) is 6.54 Å². The van der Waals surface area contributed by atoms with Gasteiger partial charge in [-0.3, -0.25) is 9.88 Å². The lowest BCUT2D eigenvalue weighted by atomic mass is 9.80. The lowest BCUT2D eigenvalue weighted by Crippen LogP contribution is -2.46. The molecule has 3 aromatic rings. The molecule has 2 nitrogen and oxygen atoms in total. The van der Waals surface area contributed by atoms with E-state index in [-0.39, 0.29) is 0 Å². The molecule has 0 radical (unpaired) electrons. The van der Waals surface area contributed by atoms with E-state index < -0.39 is 0 Å². The van der Waals surface area contributed by atoms with Gasteiger partial charge >= 0.3 is 0 Å². The molecule has 2 aliphatic heterocycles. The van der Waals surface area contributed by atoms with E-state index in [0.717, 1.165) is 18.0 Å². The van der Waals surface area contributed by atoms with Crippen LogP contribution in [-0.4, -0.2) is 22.5 Å². The zero-order valence-corrected chi connectivity index (χ0v) is 14.6. The zero-order chi connectivity index (χ0) is 16.6. The molecule has 0 N–H and O–H groups in total. The Balaban J connectivity index is 1.42. The van der Waals surface area contributed by atoms with Crippen LogP contribution in [0.25, 0.3) is 10.9 Å². The van der Waals surface area contributed by atoms with Crippen LogP contribution in [0.3, 0.4) is 0 Å². The van der Waals surface area contributed by atoms with Crippen molar-refractivity contribution in [3.05, 3.63) is 77.5 Å². The molecule has 0 saturated carbocycles. The second-order valence-electron chi connectivity index (χ2n) is 7.73. The standard InChI is InChI=1S/C23H24N2/c1-2-5-21-14-22-10-8-17(12-20(21)4-1)15-25(22)16-18-7-9-19-6-3-11-24-23(19)13-18/h1-7,9,11,13,17,22H,8,10,12,14-16H2/t17-,22+/m0/s1.